The molecule has 2 aromatic rings. The van der Waals surface area contributed by atoms with Gasteiger partial charge in [-0.1, -0.05) is 48.4 Å². The standard InChI is InChI=1S/C12H12Cl2N4OS/c1-6(2)3-10-17-18-12(20-10)16-11(19)7-4-8(13)15-9(14)5-7/h4-6H,3H2,1-2H3,(H,16,18,19). The monoisotopic (exact) mass is 330 g/mol. The van der Waals surface area contributed by atoms with Crippen LogP contribution in [0.5, 0.6) is 0 Å². The van der Waals surface area contributed by atoms with Crippen molar-refractivity contribution >= 4 is 45.6 Å². The number of anilines is 1. The lowest BCUT2D eigenvalue weighted by Gasteiger charge is -2.02. The van der Waals surface area contributed by atoms with Crippen LogP contribution in [0.25, 0.3) is 0 Å². The van der Waals surface area contributed by atoms with Crippen LogP contribution in [-0.2, 0) is 6.42 Å². The molecule has 0 aliphatic carbocycles. The summed E-state index contributed by atoms with van der Waals surface area (Å²) in [5, 5.41) is 12.3. The maximum Gasteiger partial charge on any atom is 0.257 e. The molecule has 106 valence electrons. The molecule has 0 saturated carbocycles. The molecular formula is C12H12Cl2N4OS. The van der Waals surface area contributed by atoms with E-state index >= 15 is 0 Å². The summed E-state index contributed by atoms with van der Waals surface area (Å²) in [7, 11) is 0. The molecule has 0 radical (unpaired) electrons. The number of pyridine rings is 1. The molecule has 0 fully saturated rings. The Hall–Kier alpha value is -1.24. The van der Waals surface area contributed by atoms with E-state index in [9.17, 15) is 4.79 Å². The van der Waals surface area contributed by atoms with Crippen molar-refractivity contribution < 1.29 is 4.79 Å². The summed E-state index contributed by atoms with van der Waals surface area (Å²) in [4.78, 5) is 15.8. The van der Waals surface area contributed by atoms with Crippen LogP contribution in [-0.4, -0.2) is 21.1 Å². The Morgan fingerprint density at radius 3 is 2.55 bits per heavy atom. The highest BCUT2D eigenvalue weighted by Gasteiger charge is 2.12. The zero-order valence-electron chi connectivity index (χ0n) is 10.9. The van der Waals surface area contributed by atoms with Crippen molar-refractivity contribution in [1.82, 2.24) is 15.2 Å². The molecule has 0 aromatic carbocycles. The average Bonchev–Trinajstić information content (AvgIpc) is 2.74. The number of aromatic nitrogens is 3. The third-order valence-corrected chi connectivity index (χ3v) is 3.54. The summed E-state index contributed by atoms with van der Waals surface area (Å²) in [6.07, 6.45) is 0.834. The number of amides is 1. The topological polar surface area (TPSA) is 67.8 Å². The smallest absolute Gasteiger partial charge is 0.257 e. The van der Waals surface area contributed by atoms with Crippen molar-refractivity contribution in [3.63, 3.8) is 0 Å². The van der Waals surface area contributed by atoms with Crippen LogP contribution >= 0.6 is 34.5 Å². The van der Waals surface area contributed by atoms with Gasteiger partial charge in [0.05, 0.1) is 0 Å². The number of halogens is 2. The van der Waals surface area contributed by atoms with Crippen molar-refractivity contribution in [3.8, 4) is 0 Å². The van der Waals surface area contributed by atoms with Crippen LogP contribution in [0.4, 0.5) is 5.13 Å². The molecular weight excluding hydrogens is 319 g/mol. The third kappa shape index (κ3) is 4.13. The van der Waals surface area contributed by atoms with Crippen LogP contribution < -0.4 is 5.32 Å². The zero-order chi connectivity index (χ0) is 14.7. The number of hydrogen-bond acceptors (Lipinski definition) is 5. The van der Waals surface area contributed by atoms with Crippen molar-refractivity contribution in [1.29, 1.82) is 0 Å². The number of nitrogens with zero attached hydrogens (tertiary/aromatic N) is 3. The second-order valence-corrected chi connectivity index (χ2v) is 6.39. The molecule has 1 amide bonds. The van der Waals surface area contributed by atoms with Gasteiger partial charge < -0.3 is 0 Å². The fourth-order valence-corrected chi connectivity index (χ4v) is 2.91. The highest BCUT2D eigenvalue weighted by Crippen LogP contribution is 2.20. The number of carbonyl (C=O) groups is 1. The Kier molecular flexibility index (Phi) is 4.91. The average molecular weight is 331 g/mol. The Bertz CT molecular complexity index is 609. The second-order valence-electron chi connectivity index (χ2n) is 4.55. The molecule has 0 unspecified atom stereocenters. The van der Waals surface area contributed by atoms with Gasteiger partial charge in [-0.25, -0.2) is 4.98 Å². The first-order chi connectivity index (χ1) is 9.44. The van der Waals surface area contributed by atoms with Gasteiger partial charge >= 0.3 is 0 Å². The van der Waals surface area contributed by atoms with Crippen LogP contribution in [0.3, 0.4) is 0 Å². The SMILES string of the molecule is CC(C)Cc1nnc(NC(=O)c2cc(Cl)nc(Cl)c2)s1. The lowest BCUT2D eigenvalue weighted by molar-refractivity contribution is 0.102. The van der Waals surface area contributed by atoms with E-state index in [1.54, 1.807) is 0 Å². The lowest BCUT2D eigenvalue weighted by atomic mass is 10.1. The Labute approximate surface area is 130 Å². The Morgan fingerprint density at radius 2 is 1.95 bits per heavy atom. The van der Waals surface area contributed by atoms with Gasteiger partial charge in [-0.3, -0.25) is 10.1 Å². The van der Waals surface area contributed by atoms with Gasteiger partial charge in [0, 0.05) is 12.0 Å². The van der Waals surface area contributed by atoms with Crippen LogP contribution in [0.15, 0.2) is 12.1 Å². The number of hydrogen-bond donors (Lipinski definition) is 1. The molecule has 2 heterocycles. The van der Waals surface area contributed by atoms with E-state index in [1.807, 2.05) is 0 Å². The van der Waals surface area contributed by atoms with Gasteiger partial charge in [-0.2, -0.15) is 0 Å². The van der Waals surface area contributed by atoms with E-state index < -0.39 is 0 Å². The number of nitrogens with one attached hydrogen (secondary N) is 1. The predicted molar refractivity (Wildman–Crippen MR) is 80.7 cm³/mol. The normalized spacial score (nSPS) is 10.8. The van der Waals surface area contributed by atoms with E-state index in [0.717, 1.165) is 11.4 Å². The minimum absolute atomic E-state index is 0.167. The summed E-state index contributed by atoms with van der Waals surface area (Å²) < 4.78 is 0. The maximum atomic E-state index is 12.0. The minimum atomic E-state index is -0.344. The molecule has 2 aromatic heterocycles. The summed E-state index contributed by atoms with van der Waals surface area (Å²) in [5.74, 6) is 0.146. The molecule has 0 spiro atoms. The largest absolute Gasteiger partial charge is 0.296 e. The molecule has 8 heteroatoms. The molecule has 0 saturated heterocycles. The first-order valence-electron chi connectivity index (χ1n) is 5.91. The van der Waals surface area contributed by atoms with E-state index in [-0.39, 0.29) is 16.2 Å². The molecule has 5 nitrogen and oxygen atoms in total. The molecule has 0 aliphatic rings. The van der Waals surface area contributed by atoms with Gasteiger partial charge in [-0.15, -0.1) is 10.2 Å². The molecule has 20 heavy (non-hydrogen) atoms. The van der Waals surface area contributed by atoms with E-state index in [4.69, 9.17) is 23.2 Å². The summed E-state index contributed by atoms with van der Waals surface area (Å²) in [6.45, 7) is 4.20. The zero-order valence-corrected chi connectivity index (χ0v) is 13.2. The minimum Gasteiger partial charge on any atom is -0.296 e. The predicted octanol–water partition coefficient (Wildman–Crippen LogP) is 3.69. The lowest BCUT2D eigenvalue weighted by Crippen LogP contribution is -2.12. The van der Waals surface area contributed by atoms with Crippen molar-refractivity contribution in [2.24, 2.45) is 5.92 Å². The summed E-state index contributed by atoms with van der Waals surface area (Å²) in [6, 6.07) is 2.89. The Balaban J connectivity index is 2.09. The maximum absolute atomic E-state index is 12.0. The molecule has 0 aliphatic heterocycles. The summed E-state index contributed by atoms with van der Waals surface area (Å²) >= 11 is 12.9. The number of carbonyl (C=O) groups excluding carboxylic acids is 1. The second kappa shape index (κ2) is 6.47. The van der Waals surface area contributed by atoms with Gasteiger partial charge in [0.25, 0.3) is 5.91 Å². The highest BCUT2D eigenvalue weighted by molar-refractivity contribution is 7.15. The molecule has 1 N–H and O–H groups in total. The van der Waals surface area contributed by atoms with Gasteiger partial charge in [0.1, 0.15) is 15.3 Å². The first kappa shape index (κ1) is 15.2. The quantitative estimate of drug-likeness (QED) is 0.868. The van der Waals surface area contributed by atoms with Crippen LogP contribution in [0, 0.1) is 5.92 Å². The number of rotatable bonds is 4. The van der Waals surface area contributed by atoms with Crippen molar-refractivity contribution in [2.75, 3.05) is 5.32 Å². The highest BCUT2D eigenvalue weighted by atomic mass is 35.5. The van der Waals surface area contributed by atoms with E-state index in [2.05, 4.69) is 34.3 Å². The first-order valence-corrected chi connectivity index (χ1v) is 7.48. The van der Waals surface area contributed by atoms with E-state index in [1.165, 1.54) is 23.5 Å². The van der Waals surface area contributed by atoms with Crippen LogP contribution in [0.2, 0.25) is 10.3 Å². The fraction of sp³-hybridized carbons (Fsp3) is 0.333. The fourth-order valence-electron chi connectivity index (χ4n) is 1.50. The molecule has 0 atom stereocenters. The van der Waals surface area contributed by atoms with Gasteiger partial charge in [0.2, 0.25) is 5.13 Å². The third-order valence-electron chi connectivity index (χ3n) is 2.30. The van der Waals surface area contributed by atoms with Crippen molar-refractivity contribution in [2.45, 2.75) is 20.3 Å². The molecule has 2 rings (SSSR count). The van der Waals surface area contributed by atoms with Crippen molar-refractivity contribution in [3.05, 3.63) is 33.0 Å². The Morgan fingerprint density at radius 1 is 1.30 bits per heavy atom. The van der Waals surface area contributed by atoms with Crippen LogP contribution in [0.1, 0.15) is 29.2 Å². The van der Waals surface area contributed by atoms with Gasteiger partial charge in [0.15, 0.2) is 0 Å². The van der Waals surface area contributed by atoms with Gasteiger partial charge in [-0.05, 0) is 18.1 Å². The summed E-state index contributed by atoms with van der Waals surface area (Å²) in [5.41, 5.74) is 0.329. The molecule has 0 bridgehead atoms. The van der Waals surface area contributed by atoms with E-state index in [0.29, 0.717) is 16.6 Å².